The van der Waals surface area contributed by atoms with Crippen LogP contribution in [0.25, 0.3) is 0 Å². The van der Waals surface area contributed by atoms with Gasteiger partial charge >= 0.3 is 0 Å². The number of nitrogens with zero attached hydrogens (tertiary/aromatic N) is 2. The van der Waals surface area contributed by atoms with Crippen LogP contribution in [0.5, 0.6) is 0 Å². The minimum Gasteiger partial charge on any atom is -0.372 e. The summed E-state index contributed by atoms with van der Waals surface area (Å²) < 4.78 is 38.8. The minimum absolute atomic E-state index is 0.153. The van der Waals surface area contributed by atoms with Crippen LogP contribution in [0.3, 0.4) is 0 Å². The van der Waals surface area contributed by atoms with E-state index in [-0.39, 0.29) is 5.69 Å². The van der Waals surface area contributed by atoms with Gasteiger partial charge in [-0.05, 0) is 49.2 Å². The van der Waals surface area contributed by atoms with Crippen molar-refractivity contribution >= 4 is 33.0 Å². The number of nitrogens with one attached hydrogen (secondary N) is 1. The van der Waals surface area contributed by atoms with E-state index in [0.29, 0.717) is 5.69 Å². The maximum absolute atomic E-state index is 14.0. The Morgan fingerprint density at radius 3 is 2.33 bits per heavy atom. The molecule has 0 radical (unpaired) electrons. The van der Waals surface area contributed by atoms with Crippen molar-refractivity contribution < 1.29 is 17.6 Å². The summed E-state index contributed by atoms with van der Waals surface area (Å²) in [5.41, 5.74) is 1.50. The van der Waals surface area contributed by atoms with Gasteiger partial charge in [-0.15, -0.1) is 0 Å². The van der Waals surface area contributed by atoms with E-state index < -0.39 is 28.3 Å². The number of carbonyl (C=O) groups is 1. The molecule has 0 aliphatic carbocycles. The summed E-state index contributed by atoms with van der Waals surface area (Å²) >= 11 is 0. The van der Waals surface area contributed by atoms with Crippen LogP contribution >= 0.6 is 0 Å². The maximum atomic E-state index is 14.0. The van der Waals surface area contributed by atoms with E-state index in [1.54, 1.807) is 12.1 Å². The average molecular weight is 391 g/mol. The fraction of sp³-hybridized carbons (Fsp3) is 0.316. The van der Waals surface area contributed by atoms with Gasteiger partial charge in [-0.2, -0.15) is 0 Å². The molecule has 2 aromatic carbocycles. The lowest BCUT2D eigenvalue weighted by Gasteiger charge is -2.22. The van der Waals surface area contributed by atoms with Gasteiger partial charge in [-0.1, -0.05) is 12.1 Å². The van der Waals surface area contributed by atoms with Crippen molar-refractivity contribution in [3.05, 3.63) is 54.3 Å². The van der Waals surface area contributed by atoms with E-state index in [2.05, 4.69) is 10.2 Å². The second-order valence-electron chi connectivity index (χ2n) is 6.51. The van der Waals surface area contributed by atoms with Gasteiger partial charge in [0.1, 0.15) is 12.4 Å². The second-order valence-corrected chi connectivity index (χ2v) is 8.42. The predicted molar refractivity (Wildman–Crippen MR) is 105 cm³/mol. The summed E-state index contributed by atoms with van der Waals surface area (Å²) in [4.78, 5) is 14.6. The number of anilines is 3. The number of amides is 1. The number of hydrogen-bond donors (Lipinski definition) is 1. The smallest absolute Gasteiger partial charge is 0.245 e. The van der Waals surface area contributed by atoms with Gasteiger partial charge in [0.2, 0.25) is 15.9 Å². The molecule has 1 fully saturated rings. The van der Waals surface area contributed by atoms with E-state index in [1.807, 2.05) is 12.1 Å². The fourth-order valence-electron chi connectivity index (χ4n) is 3.10. The second kappa shape index (κ2) is 7.96. The lowest BCUT2D eigenvalue weighted by Crippen LogP contribution is -2.38. The zero-order valence-corrected chi connectivity index (χ0v) is 15.9. The molecule has 144 valence electrons. The van der Waals surface area contributed by atoms with E-state index in [1.165, 1.54) is 31.0 Å². The van der Waals surface area contributed by atoms with E-state index in [0.717, 1.165) is 35.4 Å². The molecule has 1 saturated heterocycles. The van der Waals surface area contributed by atoms with Gasteiger partial charge in [0, 0.05) is 24.5 Å². The summed E-state index contributed by atoms with van der Waals surface area (Å²) in [5, 5.41) is 2.67. The number of carbonyl (C=O) groups excluding carboxylic acids is 1. The first kappa shape index (κ1) is 19.2. The Hall–Kier alpha value is -2.61. The molecule has 1 aliphatic rings. The van der Waals surface area contributed by atoms with Crippen molar-refractivity contribution in [3.8, 4) is 0 Å². The minimum atomic E-state index is -3.82. The van der Waals surface area contributed by atoms with Gasteiger partial charge in [0.25, 0.3) is 0 Å². The molecule has 0 saturated carbocycles. The molecule has 0 bridgehead atoms. The van der Waals surface area contributed by atoms with Crippen LogP contribution in [-0.2, 0) is 14.8 Å². The molecule has 3 rings (SSSR count). The topological polar surface area (TPSA) is 69.7 Å². The largest absolute Gasteiger partial charge is 0.372 e. The molecule has 1 heterocycles. The zero-order valence-electron chi connectivity index (χ0n) is 15.1. The monoisotopic (exact) mass is 391 g/mol. The highest BCUT2D eigenvalue weighted by Gasteiger charge is 2.23. The Morgan fingerprint density at radius 2 is 1.74 bits per heavy atom. The van der Waals surface area contributed by atoms with Crippen LogP contribution in [0, 0.1) is 5.82 Å². The van der Waals surface area contributed by atoms with Crippen LogP contribution in [-0.4, -0.2) is 40.2 Å². The number of para-hydroxylation sites is 1. The molecule has 8 heteroatoms. The molecule has 0 unspecified atom stereocenters. The molecule has 1 N–H and O–H groups in total. The number of hydrogen-bond acceptors (Lipinski definition) is 4. The molecule has 0 aromatic heterocycles. The van der Waals surface area contributed by atoms with Crippen LogP contribution in [0.2, 0.25) is 0 Å². The summed E-state index contributed by atoms with van der Waals surface area (Å²) in [6.45, 7) is 1.54. The average Bonchev–Trinajstić information content (AvgIpc) is 3.15. The van der Waals surface area contributed by atoms with Crippen molar-refractivity contribution in [3.63, 3.8) is 0 Å². The fourth-order valence-corrected chi connectivity index (χ4v) is 3.95. The third-order valence-corrected chi connectivity index (χ3v) is 5.56. The summed E-state index contributed by atoms with van der Waals surface area (Å²) in [7, 11) is -3.82. The van der Waals surface area contributed by atoms with Gasteiger partial charge < -0.3 is 10.2 Å². The van der Waals surface area contributed by atoms with Crippen molar-refractivity contribution in [1.29, 1.82) is 0 Å². The highest BCUT2D eigenvalue weighted by Crippen LogP contribution is 2.23. The third kappa shape index (κ3) is 4.77. The molecular formula is C19H22FN3O3S. The first-order chi connectivity index (χ1) is 12.8. The Kier molecular flexibility index (Phi) is 5.65. The van der Waals surface area contributed by atoms with Crippen LogP contribution in [0.15, 0.2) is 48.5 Å². The Balaban J connectivity index is 1.70. The molecular weight excluding hydrogens is 369 g/mol. The summed E-state index contributed by atoms with van der Waals surface area (Å²) in [6.07, 6.45) is 3.29. The van der Waals surface area contributed by atoms with Gasteiger partial charge in [0.05, 0.1) is 11.9 Å². The van der Waals surface area contributed by atoms with Gasteiger partial charge in [-0.25, -0.2) is 12.8 Å². The lowest BCUT2D eigenvalue weighted by molar-refractivity contribution is -0.114. The molecule has 2 aromatic rings. The third-order valence-electron chi connectivity index (χ3n) is 4.43. The van der Waals surface area contributed by atoms with E-state index in [9.17, 15) is 17.6 Å². The summed E-state index contributed by atoms with van der Waals surface area (Å²) in [5.74, 6) is -1.25. The standard InChI is InChI=1S/C19H22FN3O3S/c1-27(25,26)23(18-7-3-2-6-17(18)20)14-19(24)21-15-8-10-16(11-9-15)22-12-4-5-13-22/h2-3,6-11H,4-5,12-14H2,1H3,(H,21,24). The molecule has 1 amide bonds. The number of sulfonamides is 1. The number of benzene rings is 2. The van der Waals surface area contributed by atoms with Crippen molar-refractivity contribution in [2.45, 2.75) is 12.8 Å². The Bertz CT molecular complexity index is 910. The highest BCUT2D eigenvalue weighted by atomic mass is 32.2. The zero-order chi connectivity index (χ0) is 19.4. The van der Waals surface area contributed by atoms with Crippen LogP contribution < -0.4 is 14.5 Å². The van der Waals surface area contributed by atoms with Crippen molar-refractivity contribution in [1.82, 2.24) is 0 Å². The summed E-state index contributed by atoms with van der Waals surface area (Å²) in [6, 6.07) is 12.9. The Morgan fingerprint density at radius 1 is 1.11 bits per heavy atom. The van der Waals surface area contributed by atoms with Crippen LogP contribution in [0.4, 0.5) is 21.5 Å². The molecule has 27 heavy (non-hydrogen) atoms. The predicted octanol–water partition coefficient (Wildman–Crippen LogP) is 2.83. The maximum Gasteiger partial charge on any atom is 0.245 e. The van der Waals surface area contributed by atoms with Gasteiger partial charge in [0.15, 0.2) is 0 Å². The van der Waals surface area contributed by atoms with Crippen LogP contribution in [0.1, 0.15) is 12.8 Å². The molecule has 0 spiro atoms. The van der Waals surface area contributed by atoms with E-state index in [4.69, 9.17) is 0 Å². The number of rotatable bonds is 6. The highest BCUT2D eigenvalue weighted by molar-refractivity contribution is 7.92. The lowest BCUT2D eigenvalue weighted by atomic mass is 10.2. The van der Waals surface area contributed by atoms with Crippen molar-refractivity contribution in [2.24, 2.45) is 0 Å². The molecule has 0 atom stereocenters. The first-order valence-corrected chi connectivity index (χ1v) is 10.6. The molecule has 1 aliphatic heterocycles. The normalized spacial score (nSPS) is 14.2. The van der Waals surface area contributed by atoms with Gasteiger partial charge in [-0.3, -0.25) is 9.10 Å². The SMILES string of the molecule is CS(=O)(=O)N(CC(=O)Nc1ccc(N2CCCC2)cc1)c1ccccc1F. The number of halogens is 1. The van der Waals surface area contributed by atoms with Crippen molar-refractivity contribution in [2.75, 3.05) is 40.4 Å². The quantitative estimate of drug-likeness (QED) is 0.822. The molecule has 6 nitrogen and oxygen atoms in total. The Labute approximate surface area is 158 Å². The van der Waals surface area contributed by atoms with E-state index >= 15 is 0 Å². The first-order valence-electron chi connectivity index (χ1n) is 8.72.